The summed E-state index contributed by atoms with van der Waals surface area (Å²) in [6.07, 6.45) is 1.98. The van der Waals surface area contributed by atoms with Gasteiger partial charge in [0, 0.05) is 6.42 Å². The van der Waals surface area contributed by atoms with E-state index < -0.39 is 0 Å². The Kier molecular flexibility index (Phi) is 2.56. The molecule has 1 aliphatic heterocycles. The lowest BCUT2D eigenvalue weighted by Crippen LogP contribution is -2.10. The number of rotatable bonds is 3. The molecule has 2 N–H and O–H groups in total. The van der Waals surface area contributed by atoms with Gasteiger partial charge in [-0.2, -0.15) is 4.98 Å². The van der Waals surface area contributed by atoms with Crippen molar-refractivity contribution in [2.75, 3.05) is 13.1 Å². The summed E-state index contributed by atoms with van der Waals surface area (Å²) in [6, 6.07) is 0. The maximum Gasteiger partial charge on any atom is 0.227 e. The van der Waals surface area contributed by atoms with Crippen LogP contribution in [0.25, 0.3) is 0 Å². The third-order valence-corrected chi connectivity index (χ3v) is 2.28. The molecule has 1 atom stereocenters. The van der Waals surface area contributed by atoms with E-state index in [0.717, 1.165) is 25.9 Å². The second kappa shape index (κ2) is 3.85. The Bertz CT molecular complexity index is 268. The first kappa shape index (κ1) is 8.65. The molecule has 2 rings (SSSR count). The topological polar surface area (TPSA) is 71.2 Å². The number of hydrogen-bond donors (Lipinski definition) is 2. The predicted molar refractivity (Wildman–Crippen MR) is 44.9 cm³/mol. The Labute approximate surface area is 76.1 Å². The van der Waals surface area contributed by atoms with Gasteiger partial charge in [-0.3, -0.25) is 0 Å². The van der Waals surface area contributed by atoms with Crippen molar-refractivity contribution in [1.29, 1.82) is 0 Å². The van der Waals surface area contributed by atoms with Crippen molar-refractivity contribution in [3.05, 3.63) is 11.7 Å². The van der Waals surface area contributed by atoms with E-state index in [1.165, 1.54) is 0 Å². The normalized spacial score (nSPS) is 22.4. The van der Waals surface area contributed by atoms with Crippen molar-refractivity contribution in [2.45, 2.75) is 19.4 Å². The van der Waals surface area contributed by atoms with Crippen molar-refractivity contribution in [2.24, 2.45) is 5.92 Å². The van der Waals surface area contributed by atoms with Gasteiger partial charge in [-0.1, -0.05) is 5.16 Å². The summed E-state index contributed by atoms with van der Waals surface area (Å²) in [6.45, 7) is 1.95. The van der Waals surface area contributed by atoms with E-state index in [1.807, 2.05) is 0 Å². The Morgan fingerprint density at radius 3 is 3.15 bits per heavy atom. The number of hydrogen-bond acceptors (Lipinski definition) is 5. The number of aliphatic hydroxyl groups is 1. The summed E-state index contributed by atoms with van der Waals surface area (Å²) >= 11 is 0. The molecule has 1 saturated heterocycles. The quantitative estimate of drug-likeness (QED) is 0.674. The molecule has 1 aromatic rings. The van der Waals surface area contributed by atoms with E-state index in [1.54, 1.807) is 0 Å². The van der Waals surface area contributed by atoms with Gasteiger partial charge < -0.3 is 14.9 Å². The fourth-order valence-corrected chi connectivity index (χ4v) is 1.57. The number of nitrogens with zero attached hydrogens (tertiary/aromatic N) is 2. The minimum Gasteiger partial charge on any atom is -0.388 e. The monoisotopic (exact) mass is 183 g/mol. The lowest BCUT2D eigenvalue weighted by Gasteiger charge is -2.01. The summed E-state index contributed by atoms with van der Waals surface area (Å²) in [5, 5.41) is 15.6. The highest BCUT2D eigenvalue weighted by molar-refractivity contribution is 4.88. The summed E-state index contributed by atoms with van der Waals surface area (Å²) in [5.41, 5.74) is 0. The first-order chi connectivity index (χ1) is 6.38. The first-order valence-electron chi connectivity index (χ1n) is 4.51. The molecule has 0 radical (unpaired) electrons. The minimum atomic E-state index is -0.146. The van der Waals surface area contributed by atoms with Crippen LogP contribution >= 0.6 is 0 Å². The molecule has 1 unspecified atom stereocenters. The summed E-state index contributed by atoms with van der Waals surface area (Å²) < 4.78 is 4.97. The van der Waals surface area contributed by atoms with Crippen LogP contribution < -0.4 is 5.32 Å². The summed E-state index contributed by atoms with van der Waals surface area (Å²) in [7, 11) is 0. The second-order valence-electron chi connectivity index (χ2n) is 3.33. The van der Waals surface area contributed by atoms with E-state index >= 15 is 0 Å². The van der Waals surface area contributed by atoms with E-state index in [0.29, 0.717) is 17.6 Å². The number of aromatic nitrogens is 2. The fourth-order valence-electron chi connectivity index (χ4n) is 1.57. The van der Waals surface area contributed by atoms with Crippen molar-refractivity contribution < 1.29 is 9.63 Å². The molecule has 0 aliphatic carbocycles. The molecular weight excluding hydrogens is 170 g/mol. The zero-order valence-corrected chi connectivity index (χ0v) is 7.36. The highest BCUT2D eigenvalue weighted by Crippen LogP contribution is 2.13. The van der Waals surface area contributed by atoms with Gasteiger partial charge >= 0.3 is 0 Å². The molecule has 1 aliphatic rings. The average molecular weight is 183 g/mol. The molecule has 1 fully saturated rings. The zero-order valence-electron chi connectivity index (χ0n) is 7.36. The largest absolute Gasteiger partial charge is 0.388 e. The standard InChI is InChI=1S/C8H13N3O2/c12-5-7-10-8(13-11-7)3-6-1-2-9-4-6/h6,9,12H,1-5H2. The van der Waals surface area contributed by atoms with Gasteiger partial charge in [0.05, 0.1) is 0 Å². The van der Waals surface area contributed by atoms with Gasteiger partial charge in [-0.25, -0.2) is 0 Å². The SMILES string of the molecule is OCc1noc(CC2CCNC2)n1. The molecule has 72 valence electrons. The van der Waals surface area contributed by atoms with Crippen LogP contribution in [-0.4, -0.2) is 28.3 Å². The Balaban J connectivity index is 1.92. The Morgan fingerprint density at radius 1 is 1.62 bits per heavy atom. The highest BCUT2D eigenvalue weighted by Gasteiger charge is 2.18. The molecule has 0 spiro atoms. The molecule has 0 aromatic carbocycles. The predicted octanol–water partition coefficient (Wildman–Crippen LogP) is -0.286. The van der Waals surface area contributed by atoms with Gasteiger partial charge in [0.2, 0.25) is 5.89 Å². The second-order valence-corrected chi connectivity index (χ2v) is 3.33. The van der Waals surface area contributed by atoms with Crippen LogP contribution in [0.2, 0.25) is 0 Å². The van der Waals surface area contributed by atoms with Crippen LogP contribution in [0.1, 0.15) is 18.1 Å². The van der Waals surface area contributed by atoms with Gasteiger partial charge in [-0.15, -0.1) is 0 Å². The van der Waals surface area contributed by atoms with Crippen LogP contribution in [0.15, 0.2) is 4.52 Å². The molecule has 5 nitrogen and oxygen atoms in total. The number of nitrogens with one attached hydrogen (secondary N) is 1. The van der Waals surface area contributed by atoms with Gasteiger partial charge in [-0.05, 0) is 25.4 Å². The van der Waals surface area contributed by atoms with Crippen LogP contribution in [-0.2, 0) is 13.0 Å². The van der Waals surface area contributed by atoms with E-state index in [9.17, 15) is 0 Å². The van der Waals surface area contributed by atoms with Crippen LogP contribution in [0, 0.1) is 5.92 Å². The van der Waals surface area contributed by atoms with Gasteiger partial charge in [0.25, 0.3) is 0 Å². The van der Waals surface area contributed by atoms with E-state index in [4.69, 9.17) is 9.63 Å². The molecule has 0 amide bonds. The van der Waals surface area contributed by atoms with Crippen molar-refractivity contribution in [1.82, 2.24) is 15.5 Å². The third kappa shape index (κ3) is 2.05. The zero-order chi connectivity index (χ0) is 9.10. The van der Waals surface area contributed by atoms with Crippen molar-refractivity contribution >= 4 is 0 Å². The first-order valence-corrected chi connectivity index (χ1v) is 4.51. The average Bonchev–Trinajstić information content (AvgIpc) is 2.76. The summed E-state index contributed by atoms with van der Waals surface area (Å²) in [4.78, 5) is 4.04. The lowest BCUT2D eigenvalue weighted by atomic mass is 10.1. The lowest BCUT2D eigenvalue weighted by molar-refractivity contribution is 0.262. The van der Waals surface area contributed by atoms with Crippen LogP contribution in [0.4, 0.5) is 0 Å². The van der Waals surface area contributed by atoms with E-state index in [-0.39, 0.29) is 6.61 Å². The number of aliphatic hydroxyl groups excluding tert-OH is 1. The fraction of sp³-hybridized carbons (Fsp3) is 0.750. The summed E-state index contributed by atoms with van der Waals surface area (Å²) in [5.74, 6) is 1.62. The third-order valence-electron chi connectivity index (χ3n) is 2.28. The van der Waals surface area contributed by atoms with Crippen molar-refractivity contribution in [3.63, 3.8) is 0 Å². The van der Waals surface area contributed by atoms with Crippen molar-refractivity contribution in [3.8, 4) is 0 Å². The molecule has 1 aromatic heterocycles. The molecule has 2 heterocycles. The molecule has 5 heteroatoms. The highest BCUT2D eigenvalue weighted by atomic mass is 16.5. The Hall–Kier alpha value is -0.940. The molecule has 13 heavy (non-hydrogen) atoms. The molecule has 0 bridgehead atoms. The molecular formula is C8H13N3O2. The van der Waals surface area contributed by atoms with Crippen LogP contribution in [0.3, 0.4) is 0 Å². The van der Waals surface area contributed by atoms with Gasteiger partial charge in [0.1, 0.15) is 6.61 Å². The minimum absolute atomic E-state index is 0.146. The Morgan fingerprint density at radius 2 is 2.54 bits per heavy atom. The van der Waals surface area contributed by atoms with E-state index in [2.05, 4.69) is 15.5 Å². The van der Waals surface area contributed by atoms with Gasteiger partial charge in [0.15, 0.2) is 5.82 Å². The molecule has 0 saturated carbocycles. The maximum absolute atomic E-state index is 8.71. The van der Waals surface area contributed by atoms with Crippen LogP contribution in [0.5, 0.6) is 0 Å². The maximum atomic E-state index is 8.71. The smallest absolute Gasteiger partial charge is 0.227 e.